The van der Waals surface area contributed by atoms with Crippen LogP contribution in [0.4, 0.5) is 0 Å². The highest BCUT2D eigenvalue weighted by Crippen LogP contribution is 2.61. The molecule has 0 aromatic rings. The van der Waals surface area contributed by atoms with Crippen LogP contribution in [-0.2, 0) is 9.59 Å². The number of carbonyl (C=O) groups is 2. The van der Waals surface area contributed by atoms with Gasteiger partial charge in [0.15, 0.2) is 0 Å². The van der Waals surface area contributed by atoms with Gasteiger partial charge in [-0.1, -0.05) is 85.5 Å². The van der Waals surface area contributed by atoms with Gasteiger partial charge in [0.2, 0.25) is 0 Å². The normalized spacial score (nSPS) is 30.1. The summed E-state index contributed by atoms with van der Waals surface area (Å²) >= 11 is 0. The van der Waals surface area contributed by atoms with E-state index in [1.54, 1.807) is 0 Å². The first-order chi connectivity index (χ1) is 13.9. The summed E-state index contributed by atoms with van der Waals surface area (Å²) < 4.78 is 0. The van der Waals surface area contributed by atoms with Gasteiger partial charge in [0.05, 0.1) is 10.8 Å². The van der Waals surface area contributed by atoms with Gasteiger partial charge in [-0.25, -0.2) is 0 Å². The Morgan fingerprint density at radius 1 is 0.690 bits per heavy atom. The van der Waals surface area contributed by atoms with Crippen LogP contribution in [0, 0.1) is 22.7 Å². The molecule has 4 atom stereocenters. The number of carboxylic acid groups (broad SMARTS) is 2. The average Bonchev–Trinajstić information content (AvgIpc) is 2.83. The molecule has 4 unspecified atom stereocenters. The zero-order valence-corrected chi connectivity index (χ0v) is 19.5. The number of aliphatic carboxylic acids is 2. The molecule has 0 heterocycles. The lowest BCUT2D eigenvalue weighted by Crippen LogP contribution is -2.58. The van der Waals surface area contributed by atoms with Crippen LogP contribution >= 0.6 is 0 Å². The van der Waals surface area contributed by atoms with Gasteiger partial charge in [-0.15, -0.1) is 0 Å². The molecule has 170 valence electrons. The van der Waals surface area contributed by atoms with Gasteiger partial charge in [0.1, 0.15) is 0 Å². The molecular weight excluding hydrogens is 364 g/mol. The Labute approximate surface area is 178 Å². The van der Waals surface area contributed by atoms with Crippen molar-refractivity contribution in [1.29, 1.82) is 0 Å². The Hall–Kier alpha value is -1.06. The molecule has 1 rings (SSSR count). The van der Waals surface area contributed by atoms with Crippen molar-refractivity contribution in [2.75, 3.05) is 0 Å². The van der Waals surface area contributed by atoms with E-state index in [0.29, 0.717) is 12.8 Å². The molecule has 0 saturated heterocycles. The molecule has 1 aliphatic rings. The van der Waals surface area contributed by atoms with Gasteiger partial charge < -0.3 is 10.2 Å². The molecule has 0 aliphatic heterocycles. The third kappa shape index (κ3) is 5.35. The molecule has 0 amide bonds. The van der Waals surface area contributed by atoms with Crippen LogP contribution < -0.4 is 0 Å². The fourth-order valence-electron chi connectivity index (χ4n) is 6.49. The van der Waals surface area contributed by atoms with Crippen LogP contribution in [0.15, 0.2) is 0 Å². The van der Waals surface area contributed by atoms with Crippen LogP contribution in [0.5, 0.6) is 0 Å². The summed E-state index contributed by atoms with van der Waals surface area (Å²) in [5.41, 5.74) is -2.32. The van der Waals surface area contributed by atoms with Crippen LogP contribution in [0.25, 0.3) is 0 Å². The van der Waals surface area contributed by atoms with Crippen molar-refractivity contribution in [2.24, 2.45) is 22.7 Å². The van der Waals surface area contributed by atoms with Crippen molar-refractivity contribution in [2.45, 2.75) is 124 Å². The summed E-state index contributed by atoms with van der Waals surface area (Å²) in [6, 6.07) is 0. The summed E-state index contributed by atoms with van der Waals surface area (Å²) in [6.07, 6.45) is 14.0. The minimum absolute atomic E-state index is 0.0430. The first-order valence-corrected chi connectivity index (χ1v) is 12.4. The van der Waals surface area contributed by atoms with E-state index < -0.39 is 22.8 Å². The van der Waals surface area contributed by atoms with Crippen molar-refractivity contribution in [3.8, 4) is 0 Å². The van der Waals surface area contributed by atoms with E-state index in [-0.39, 0.29) is 11.8 Å². The molecular formula is C25H46O4. The van der Waals surface area contributed by atoms with Crippen LogP contribution in [-0.4, -0.2) is 22.2 Å². The van der Waals surface area contributed by atoms with Gasteiger partial charge in [-0.3, -0.25) is 9.59 Å². The lowest BCUT2D eigenvalue weighted by Gasteiger charge is -2.51. The molecule has 0 aromatic heterocycles. The lowest BCUT2D eigenvalue weighted by molar-refractivity contribution is -0.189. The number of rotatable bonds is 14. The molecule has 29 heavy (non-hydrogen) atoms. The van der Waals surface area contributed by atoms with Gasteiger partial charge in [-0.05, 0) is 50.4 Å². The van der Waals surface area contributed by atoms with E-state index in [9.17, 15) is 19.8 Å². The molecule has 1 fully saturated rings. The van der Waals surface area contributed by atoms with Crippen LogP contribution in [0.1, 0.15) is 124 Å². The van der Waals surface area contributed by atoms with Gasteiger partial charge in [0.25, 0.3) is 0 Å². The third-order valence-corrected chi connectivity index (χ3v) is 7.99. The molecule has 2 N–H and O–H groups in total. The third-order valence-electron chi connectivity index (χ3n) is 7.99. The van der Waals surface area contributed by atoms with E-state index in [0.717, 1.165) is 83.5 Å². The predicted octanol–water partition coefficient (Wildman–Crippen LogP) is 7.31. The maximum absolute atomic E-state index is 12.9. The first-order valence-electron chi connectivity index (χ1n) is 12.4. The highest BCUT2D eigenvalue weighted by Gasteiger charge is 2.66. The molecule has 4 nitrogen and oxygen atoms in total. The van der Waals surface area contributed by atoms with E-state index in [1.807, 2.05) is 13.8 Å². The monoisotopic (exact) mass is 410 g/mol. The largest absolute Gasteiger partial charge is 0.481 e. The Morgan fingerprint density at radius 2 is 1.07 bits per heavy atom. The van der Waals surface area contributed by atoms with Crippen molar-refractivity contribution < 1.29 is 19.8 Å². The molecule has 0 aromatic carbocycles. The summed E-state index contributed by atoms with van der Waals surface area (Å²) in [7, 11) is 0. The zero-order chi connectivity index (χ0) is 21.9. The van der Waals surface area contributed by atoms with E-state index in [2.05, 4.69) is 13.8 Å². The highest BCUT2D eigenvalue weighted by molar-refractivity contribution is 5.87. The number of carboxylic acids is 2. The quantitative estimate of drug-likeness (QED) is 0.232. The minimum Gasteiger partial charge on any atom is -0.481 e. The maximum atomic E-state index is 12.9. The van der Waals surface area contributed by atoms with Gasteiger partial charge in [0, 0.05) is 0 Å². The van der Waals surface area contributed by atoms with Crippen molar-refractivity contribution >= 4 is 11.9 Å². The van der Waals surface area contributed by atoms with Crippen molar-refractivity contribution in [1.82, 2.24) is 0 Å². The minimum atomic E-state index is -1.16. The second-order valence-corrected chi connectivity index (χ2v) is 9.28. The highest BCUT2D eigenvalue weighted by atomic mass is 16.4. The Morgan fingerprint density at radius 3 is 1.34 bits per heavy atom. The predicted molar refractivity (Wildman–Crippen MR) is 119 cm³/mol. The smallest absolute Gasteiger partial charge is 0.311 e. The van der Waals surface area contributed by atoms with E-state index in [1.165, 1.54) is 0 Å². The molecule has 1 aliphatic carbocycles. The summed E-state index contributed by atoms with van der Waals surface area (Å²) in [5, 5.41) is 21.1. The fraction of sp³-hybridized carbons (Fsp3) is 0.920. The topological polar surface area (TPSA) is 74.6 Å². The van der Waals surface area contributed by atoms with Crippen molar-refractivity contribution in [3.05, 3.63) is 0 Å². The standard InChI is InChI=1S/C25H46O4/c1-5-9-11-13-16-20-18-15-19-21(17-14-12-10-6-2)25(8-4,23(28)29)24(20,7-3)22(26)27/h20-21H,5-19H2,1-4H3,(H,26,27)(H,28,29). The summed E-state index contributed by atoms with van der Waals surface area (Å²) in [5.74, 6) is -1.83. The van der Waals surface area contributed by atoms with Gasteiger partial charge >= 0.3 is 11.9 Å². The Kier molecular flexibility index (Phi) is 11.3. The van der Waals surface area contributed by atoms with E-state index in [4.69, 9.17) is 0 Å². The molecule has 0 bridgehead atoms. The molecule has 4 heteroatoms. The van der Waals surface area contributed by atoms with E-state index >= 15 is 0 Å². The number of hydrogen-bond acceptors (Lipinski definition) is 2. The second kappa shape index (κ2) is 12.6. The summed E-state index contributed by atoms with van der Waals surface area (Å²) in [4.78, 5) is 25.8. The second-order valence-electron chi connectivity index (χ2n) is 9.28. The maximum Gasteiger partial charge on any atom is 0.311 e. The van der Waals surface area contributed by atoms with Gasteiger partial charge in [-0.2, -0.15) is 0 Å². The number of unbranched alkanes of at least 4 members (excludes halogenated alkanes) is 6. The zero-order valence-electron chi connectivity index (χ0n) is 19.5. The number of hydrogen-bond donors (Lipinski definition) is 2. The fourth-order valence-corrected chi connectivity index (χ4v) is 6.49. The Balaban J connectivity index is 3.35. The average molecular weight is 411 g/mol. The van der Waals surface area contributed by atoms with Crippen LogP contribution in [0.2, 0.25) is 0 Å². The molecule has 0 radical (unpaired) electrons. The van der Waals surface area contributed by atoms with Crippen molar-refractivity contribution in [3.63, 3.8) is 0 Å². The molecule has 1 saturated carbocycles. The lowest BCUT2D eigenvalue weighted by atomic mass is 9.49. The SMILES string of the molecule is CCCCCCC1CCCC(CCCCCC)C(CC)(C(=O)O)C1(CC)C(=O)O. The summed E-state index contributed by atoms with van der Waals surface area (Å²) in [6.45, 7) is 8.18. The first kappa shape index (κ1) is 26.0. The molecule has 0 spiro atoms. The Bertz CT molecular complexity index is 459. The van der Waals surface area contributed by atoms with Crippen LogP contribution in [0.3, 0.4) is 0 Å².